The lowest BCUT2D eigenvalue weighted by Gasteiger charge is -2.31. The minimum atomic E-state index is -1.44. The van der Waals surface area contributed by atoms with E-state index >= 15 is 0 Å². The smallest absolute Gasteiger partial charge is 0.357 e. The van der Waals surface area contributed by atoms with Gasteiger partial charge < -0.3 is 9.66 Å². The van der Waals surface area contributed by atoms with Crippen LogP contribution in [0, 0.1) is 0 Å². The third-order valence-electron chi connectivity index (χ3n) is 2.44. The molecule has 1 N–H and O–H groups in total. The Hall–Kier alpha value is -1.20. The van der Waals surface area contributed by atoms with Crippen molar-refractivity contribution in [2.24, 2.45) is 0 Å². The highest BCUT2D eigenvalue weighted by Gasteiger charge is 2.37. The van der Waals surface area contributed by atoms with Crippen molar-refractivity contribution in [1.82, 2.24) is 4.31 Å². The van der Waals surface area contributed by atoms with Gasteiger partial charge in [-0.05, 0) is 38.8 Å². The highest BCUT2D eigenvalue weighted by atomic mass is 32.2. The van der Waals surface area contributed by atoms with E-state index < -0.39 is 22.1 Å². The van der Waals surface area contributed by atoms with Gasteiger partial charge in [0.1, 0.15) is 4.75 Å². The van der Waals surface area contributed by atoms with E-state index in [4.69, 9.17) is 0 Å². The molecule has 0 radical (unpaired) electrons. The topological polar surface area (TPSA) is 63.6 Å². The number of carboxylic acids is 1. The van der Waals surface area contributed by atoms with Gasteiger partial charge in [-0.3, -0.25) is 0 Å². The molecule has 0 bridgehead atoms. The highest BCUT2D eigenvalue weighted by Crippen LogP contribution is 2.28. The van der Waals surface area contributed by atoms with Gasteiger partial charge in [0.25, 0.3) is 0 Å². The molecule has 0 aromatic carbocycles. The van der Waals surface area contributed by atoms with Crippen LogP contribution in [0.2, 0.25) is 0 Å². The summed E-state index contributed by atoms with van der Waals surface area (Å²) in [7, 11) is 0. The summed E-state index contributed by atoms with van der Waals surface area (Å²) < 4.78 is 13.2. The molecular weight excluding hydrogens is 250 g/mol. The first-order valence-corrected chi connectivity index (χ1v) is 6.92. The van der Waals surface area contributed by atoms with E-state index in [1.807, 2.05) is 27.7 Å². The van der Waals surface area contributed by atoms with Crippen LogP contribution in [0.1, 0.15) is 34.1 Å². The van der Waals surface area contributed by atoms with Crippen LogP contribution in [0.4, 0.5) is 0 Å². The summed E-state index contributed by atoms with van der Waals surface area (Å²) in [6.45, 7) is 7.34. The van der Waals surface area contributed by atoms with E-state index in [0.717, 1.165) is 0 Å². The Balaban J connectivity index is 3.28. The second kappa shape index (κ2) is 5.63. The van der Waals surface area contributed by atoms with Gasteiger partial charge in [0.15, 0.2) is 5.70 Å². The number of nitrogens with zero attached hydrogens (tertiary/aromatic N) is 1. The summed E-state index contributed by atoms with van der Waals surface area (Å²) in [6, 6.07) is 0. The molecule has 1 unspecified atom stereocenters. The lowest BCUT2D eigenvalue weighted by molar-refractivity contribution is -0.133. The van der Waals surface area contributed by atoms with Crippen molar-refractivity contribution < 1.29 is 14.5 Å². The predicted molar refractivity (Wildman–Crippen MR) is 73.0 cm³/mol. The van der Waals surface area contributed by atoms with Gasteiger partial charge in [-0.1, -0.05) is 19.1 Å². The van der Waals surface area contributed by atoms with Crippen LogP contribution in [0.5, 0.6) is 0 Å². The average Bonchev–Trinajstić information content (AvgIpc) is 2.48. The van der Waals surface area contributed by atoms with E-state index in [9.17, 15) is 14.5 Å². The minimum absolute atomic E-state index is 0.0933. The Kier molecular flexibility index (Phi) is 4.65. The summed E-state index contributed by atoms with van der Waals surface area (Å²) in [4.78, 5) is 11.4. The molecule has 0 saturated carbocycles. The molecule has 0 aromatic rings. The SMILES string of the molecule is CCC1=C(C(=O)O)N([S+]([O-])C(C)(C)C)C=CC=C1. The van der Waals surface area contributed by atoms with Gasteiger partial charge in [0, 0.05) is 0 Å². The van der Waals surface area contributed by atoms with Gasteiger partial charge in [-0.25, -0.2) is 4.79 Å². The number of aliphatic carboxylic acids is 1. The largest absolute Gasteiger partial charge is 0.592 e. The molecule has 1 heterocycles. The summed E-state index contributed by atoms with van der Waals surface area (Å²) >= 11 is -1.44. The molecule has 1 aliphatic heterocycles. The molecule has 0 saturated heterocycles. The molecule has 4 nitrogen and oxygen atoms in total. The van der Waals surface area contributed by atoms with Crippen molar-refractivity contribution in [3.63, 3.8) is 0 Å². The van der Waals surface area contributed by atoms with Gasteiger partial charge in [-0.15, -0.1) is 0 Å². The fraction of sp³-hybridized carbons (Fsp3) is 0.462. The van der Waals surface area contributed by atoms with Crippen molar-refractivity contribution in [3.8, 4) is 0 Å². The third kappa shape index (κ3) is 3.17. The minimum Gasteiger partial charge on any atom is -0.592 e. The first kappa shape index (κ1) is 14.9. The van der Waals surface area contributed by atoms with E-state index in [1.165, 1.54) is 4.31 Å². The van der Waals surface area contributed by atoms with Crippen LogP contribution in [0.3, 0.4) is 0 Å². The fourth-order valence-corrected chi connectivity index (χ4v) is 2.68. The molecule has 0 fully saturated rings. The second-order valence-corrected chi connectivity index (χ2v) is 7.04. The van der Waals surface area contributed by atoms with Crippen LogP contribution in [0.25, 0.3) is 0 Å². The second-order valence-electron chi connectivity index (χ2n) is 4.92. The van der Waals surface area contributed by atoms with Crippen LogP contribution < -0.4 is 0 Å². The zero-order chi connectivity index (χ0) is 13.9. The number of carbonyl (C=O) groups is 1. The van der Waals surface area contributed by atoms with Crippen LogP contribution in [-0.4, -0.2) is 24.7 Å². The van der Waals surface area contributed by atoms with Crippen LogP contribution >= 0.6 is 0 Å². The number of hydrogen-bond donors (Lipinski definition) is 1. The molecular formula is C13H19NO3S. The van der Waals surface area contributed by atoms with E-state index in [2.05, 4.69) is 0 Å². The first-order valence-electron chi connectivity index (χ1n) is 5.81. The highest BCUT2D eigenvalue weighted by molar-refractivity contribution is 7.90. The Morgan fingerprint density at radius 3 is 2.50 bits per heavy atom. The number of hydrogen-bond acceptors (Lipinski definition) is 3. The summed E-state index contributed by atoms with van der Waals surface area (Å²) in [5.74, 6) is -1.05. The predicted octanol–water partition coefficient (Wildman–Crippen LogP) is 2.58. The van der Waals surface area contributed by atoms with Gasteiger partial charge in [0.2, 0.25) is 0 Å². The first-order chi connectivity index (χ1) is 8.29. The van der Waals surface area contributed by atoms with Crippen LogP contribution in [0.15, 0.2) is 35.7 Å². The fourth-order valence-electron chi connectivity index (χ4n) is 1.54. The lowest BCUT2D eigenvalue weighted by Crippen LogP contribution is -2.41. The average molecular weight is 269 g/mol. The summed E-state index contributed by atoms with van der Waals surface area (Å²) in [5, 5.41) is 9.35. The number of allylic oxidation sites excluding steroid dienone is 4. The molecule has 0 aliphatic carbocycles. The monoisotopic (exact) mass is 269 g/mol. The Morgan fingerprint density at radius 2 is 2.06 bits per heavy atom. The molecule has 1 rings (SSSR count). The number of rotatable bonds is 3. The Labute approximate surface area is 111 Å². The molecule has 0 amide bonds. The molecule has 18 heavy (non-hydrogen) atoms. The van der Waals surface area contributed by atoms with Crippen molar-refractivity contribution in [2.45, 2.75) is 38.9 Å². The maximum absolute atomic E-state index is 12.4. The van der Waals surface area contributed by atoms with Crippen molar-refractivity contribution in [3.05, 3.63) is 35.7 Å². The van der Waals surface area contributed by atoms with Crippen molar-refractivity contribution in [2.75, 3.05) is 0 Å². The van der Waals surface area contributed by atoms with E-state index in [1.54, 1.807) is 24.4 Å². The quantitative estimate of drug-likeness (QED) is 0.800. The maximum atomic E-state index is 12.4. The summed E-state index contributed by atoms with van der Waals surface area (Å²) in [6.07, 6.45) is 7.36. The normalized spacial score (nSPS) is 17.9. The zero-order valence-corrected chi connectivity index (χ0v) is 12.0. The Bertz CT molecular complexity index is 418. The summed E-state index contributed by atoms with van der Waals surface area (Å²) in [5.41, 5.74) is 0.765. The zero-order valence-electron chi connectivity index (χ0n) is 11.1. The van der Waals surface area contributed by atoms with Gasteiger partial charge >= 0.3 is 5.97 Å². The standard InChI is InChI=1S/C13H19NO3S/c1-5-10-8-6-7-9-14(11(10)12(15)16)18(17)13(2,3)4/h6-9H,5H2,1-4H3,(H,15,16). The molecule has 0 spiro atoms. The van der Waals surface area contributed by atoms with E-state index in [0.29, 0.717) is 12.0 Å². The molecule has 1 aliphatic rings. The van der Waals surface area contributed by atoms with Crippen molar-refractivity contribution >= 4 is 17.3 Å². The third-order valence-corrected chi connectivity index (χ3v) is 4.15. The lowest BCUT2D eigenvalue weighted by atomic mass is 10.1. The Morgan fingerprint density at radius 1 is 1.44 bits per heavy atom. The van der Waals surface area contributed by atoms with Gasteiger partial charge in [-0.2, -0.15) is 4.31 Å². The number of carboxylic acid groups (broad SMARTS) is 1. The maximum Gasteiger partial charge on any atom is 0.357 e. The van der Waals surface area contributed by atoms with E-state index in [-0.39, 0.29) is 5.70 Å². The molecule has 0 aromatic heterocycles. The molecule has 100 valence electrons. The van der Waals surface area contributed by atoms with Crippen molar-refractivity contribution in [1.29, 1.82) is 0 Å². The van der Waals surface area contributed by atoms with Crippen LogP contribution in [-0.2, 0) is 16.2 Å². The molecule has 1 atom stereocenters. The molecule has 5 heteroatoms. The van der Waals surface area contributed by atoms with Gasteiger partial charge in [0.05, 0.1) is 17.6 Å².